The number of carbonyl (C=O) groups is 1. The second kappa shape index (κ2) is 6.08. The Balaban J connectivity index is 1.46. The number of nitrogens with one attached hydrogen (secondary N) is 3. The molecule has 25 heavy (non-hydrogen) atoms. The van der Waals surface area contributed by atoms with Gasteiger partial charge in [0.1, 0.15) is 0 Å². The van der Waals surface area contributed by atoms with Crippen LogP contribution in [0.2, 0.25) is 0 Å². The second-order valence-corrected chi connectivity index (χ2v) is 5.42. The van der Waals surface area contributed by atoms with Crippen molar-refractivity contribution in [2.75, 3.05) is 0 Å². The molecule has 4 rings (SSSR count). The standard InChI is InChI=1S/C17H13N5O3/c23-14-8-11(4-6-19-14)16-21-15(25-22-16)9-20-17(24)12-1-2-13-10(7-12)3-5-18-13/h1-8,18H,9H2,(H,19,23)(H,20,24). The Morgan fingerprint density at radius 1 is 1.12 bits per heavy atom. The molecule has 0 unspecified atom stereocenters. The van der Waals surface area contributed by atoms with E-state index >= 15 is 0 Å². The number of hydrogen-bond donors (Lipinski definition) is 3. The van der Waals surface area contributed by atoms with Crippen molar-refractivity contribution in [2.45, 2.75) is 6.54 Å². The number of H-pyrrole nitrogens is 2. The summed E-state index contributed by atoms with van der Waals surface area (Å²) in [5, 5.41) is 7.51. The molecule has 0 radical (unpaired) electrons. The fourth-order valence-electron chi connectivity index (χ4n) is 2.48. The Morgan fingerprint density at radius 2 is 2.00 bits per heavy atom. The molecule has 4 aromatic rings. The molecule has 0 aliphatic rings. The van der Waals surface area contributed by atoms with Crippen LogP contribution in [-0.4, -0.2) is 26.0 Å². The Labute approximate surface area is 140 Å². The lowest BCUT2D eigenvalue weighted by Gasteiger charge is -2.02. The lowest BCUT2D eigenvalue weighted by molar-refractivity contribution is 0.0946. The van der Waals surface area contributed by atoms with Crippen molar-refractivity contribution < 1.29 is 9.32 Å². The zero-order valence-corrected chi connectivity index (χ0v) is 12.9. The van der Waals surface area contributed by atoms with Gasteiger partial charge in [-0.1, -0.05) is 5.16 Å². The predicted molar refractivity (Wildman–Crippen MR) is 89.8 cm³/mol. The summed E-state index contributed by atoms with van der Waals surface area (Å²) in [5.41, 5.74) is 1.80. The van der Waals surface area contributed by atoms with E-state index in [0.29, 0.717) is 17.0 Å². The minimum atomic E-state index is -0.252. The minimum absolute atomic E-state index is 0.0974. The van der Waals surface area contributed by atoms with Gasteiger partial charge in [0.05, 0.1) is 6.54 Å². The topological polar surface area (TPSA) is 117 Å². The van der Waals surface area contributed by atoms with Gasteiger partial charge in [-0.05, 0) is 30.3 Å². The van der Waals surface area contributed by atoms with E-state index in [1.165, 1.54) is 12.3 Å². The van der Waals surface area contributed by atoms with Gasteiger partial charge in [0.25, 0.3) is 5.91 Å². The largest absolute Gasteiger partial charge is 0.361 e. The maximum absolute atomic E-state index is 12.2. The van der Waals surface area contributed by atoms with Crippen molar-refractivity contribution in [1.82, 2.24) is 25.4 Å². The maximum Gasteiger partial charge on any atom is 0.251 e. The Bertz CT molecular complexity index is 1110. The number of rotatable bonds is 4. The van der Waals surface area contributed by atoms with Crippen molar-refractivity contribution in [3.05, 3.63) is 70.6 Å². The number of benzene rings is 1. The number of carbonyl (C=O) groups excluding carboxylic acids is 1. The van der Waals surface area contributed by atoms with Gasteiger partial charge in [-0.3, -0.25) is 9.59 Å². The fourth-order valence-corrected chi connectivity index (χ4v) is 2.48. The van der Waals surface area contributed by atoms with Crippen LogP contribution in [0.1, 0.15) is 16.2 Å². The van der Waals surface area contributed by atoms with E-state index in [1.54, 1.807) is 18.2 Å². The smallest absolute Gasteiger partial charge is 0.251 e. The third-order valence-corrected chi connectivity index (χ3v) is 3.72. The molecule has 0 aliphatic carbocycles. The van der Waals surface area contributed by atoms with Crippen molar-refractivity contribution in [2.24, 2.45) is 0 Å². The first kappa shape index (κ1) is 14.9. The van der Waals surface area contributed by atoms with Gasteiger partial charge in [0.2, 0.25) is 17.3 Å². The van der Waals surface area contributed by atoms with Crippen molar-refractivity contribution >= 4 is 16.8 Å². The zero-order valence-electron chi connectivity index (χ0n) is 12.9. The second-order valence-electron chi connectivity index (χ2n) is 5.42. The van der Waals surface area contributed by atoms with E-state index in [-0.39, 0.29) is 23.9 Å². The molecular formula is C17H13N5O3. The molecule has 8 heteroatoms. The highest BCUT2D eigenvalue weighted by atomic mass is 16.5. The van der Waals surface area contributed by atoms with E-state index in [4.69, 9.17) is 4.52 Å². The molecule has 0 fully saturated rings. The van der Waals surface area contributed by atoms with E-state index in [1.807, 2.05) is 18.3 Å². The van der Waals surface area contributed by atoms with Gasteiger partial charge in [-0.15, -0.1) is 0 Å². The van der Waals surface area contributed by atoms with E-state index in [9.17, 15) is 9.59 Å². The van der Waals surface area contributed by atoms with Crippen LogP contribution in [0.25, 0.3) is 22.3 Å². The number of aromatic nitrogens is 4. The minimum Gasteiger partial charge on any atom is -0.361 e. The Morgan fingerprint density at radius 3 is 2.88 bits per heavy atom. The molecule has 3 aromatic heterocycles. The monoisotopic (exact) mass is 335 g/mol. The summed E-state index contributed by atoms with van der Waals surface area (Å²) in [4.78, 5) is 33.3. The molecule has 124 valence electrons. The third-order valence-electron chi connectivity index (χ3n) is 3.72. The summed E-state index contributed by atoms with van der Waals surface area (Å²) < 4.78 is 5.11. The molecule has 1 aromatic carbocycles. The van der Waals surface area contributed by atoms with Gasteiger partial charge in [-0.2, -0.15) is 4.98 Å². The molecule has 0 aliphatic heterocycles. The highest BCUT2D eigenvalue weighted by Crippen LogP contribution is 2.15. The van der Waals surface area contributed by atoms with Crippen LogP contribution in [0.5, 0.6) is 0 Å². The first-order valence-electron chi connectivity index (χ1n) is 7.56. The lowest BCUT2D eigenvalue weighted by atomic mass is 10.1. The van der Waals surface area contributed by atoms with Gasteiger partial charge < -0.3 is 19.8 Å². The first-order chi connectivity index (χ1) is 12.2. The van der Waals surface area contributed by atoms with E-state index in [2.05, 4.69) is 25.4 Å². The van der Waals surface area contributed by atoms with Crippen LogP contribution in [0.3, 0.4) is 0 Å². The summed E-state index contributed by atoms with van der Waals surface area (Å²) in [6.07, 6.45) is 3.33. The van der Waals surface area contributed by atoms with Crippen LogP contribution in [0.4, 0.5) is 0 Å². The highest BCUT2D eigenvalue weighted by Gasteiger charge is 2.11. The molecule has 0 saturated carbocycles. The highest BCUT2D eigenvalue weighted by molar-refractivity contribution is 5.97. The predicted octanol–water partition coefficient (Wildman–Crippen LogP) is 1.84. The molecule has 8 nitrogen and oxygen atoms in total. The summed E-state index contributed by atoms with van der Waals surface area (Å²) in [7, 11) is 0. The van der Waals surface area contributed by atoms with Gasteiger partial charge in [0, 0.05) is 40.5 Å². The van der Waals surface area contributed by atoms with Gasteiger partial charge >= 0.3 is 0 Å². The average molecular weight is 335 g/mol. The molecular weight excluding hydrogens is 322 g/mol. The van der Waals surface area contributed by atoms with Gasteiger partial charge in [-0.25, -0.2) is 0 Å². The number of fused-ring (bicyclic) bond motifs is 1. The maximum atomic E-state index is 12.2. The van der Waals surface area contributed by atoms with E-state index in [0.717, 1.165) is 10.9 Å². The zero-order chi connectivity index (χ0) is 17.2. The SMILES string of the molecule is O=C(NCc1nc(-c2cc[nH]c(=O)c2)no1)c1ccc2[nH]ccc2c1. The normalized spacial score (nSPS) is 10.9. The summed E-state index contributed by atoms with van der Waals surface area (Å²) in [5.74, 6) is 0.314. The van der Waals surface area contributed by atoms with Crippen LogP contribution in [0, 0.1) is 0 Å². The molecule has 0 bridgehead atoms. The third kappa shape index (κ3) is 3.05. The molecule has 0 atom stereocenters. The number of pyridine rings is 1. The first-order valence-corrected chi connectivity index (χ1v) is 7.56. The fraction of sp³-hybridized carbons (Fsp3) is 0.0588. The quantitative estimate of drug-likeness (QED) is 0.526. The summed E-state index contributed by atoms with van der Waals surface area (Å²) >= 11 is 0. The number of aromatic amines is 2. The van der Waals surface area contributed by atoms with Crippen molar-refractivity contribution in [3.8, 4) is 11.4 Å². The Hall–Kier alpha value is -3.68. The number of amides is 1. The summed E-state index contributed by atoms with van der Waals surface area (Å²) in [6, 6.07) is 10.3. The molecule has 3 heterocycles. The number of nitrogens with zero attached hydrogens (tertiary/aromatic N) is 2. The van der Waals surface area contributed by atoms with Crippen LogP contribution < -0.4 is 10.9 Å². The molecule has 1 amide bonds. The van der Waals surface area contributed by atoms with Crippen LogP contribution in [-0.2, 0) is 6.54 Å². The molecule has 3 N–H and O–H groups in total. The van der Waals surface area contributed by atoms with Crippen LogP contribution in [0.15, 0.2) is 58.1 Å². The molecule has 0 saturated heterocycles. The van der Waals surface area contributed by atoms with Gasteiger partial charge in [0.15, 0.2) is 0 Å². The Kier molecular flexibility index (Phi) is 3.62. The average Bonchev–Trinajstić information content (AvgIpc) is 3.28. The van der Waals surface area contributed by atoms with Crippen LogP contribution >= 0.6 is 0 Å². The number of hydrogen-bond acceptors (Lipinski definition) is 5. The molecule has 0 spiro atoms. The van der Waals surface area contributed by atoms with Crippen molar-refractivity contribution in [1.29, 1.82) is 0 Å². The summed E-state index contributed by atoms with van der Waals surface area (Å²) in [6.45, 7) is 0.0974. The van der Waals surface area contributed by atoms with E-state index < -0.39 is 0 Å². The lowest BCUT2D eigenvalue weighted by Crippen LogP contribution is -2.22. The van der Waals surface area contributed by atoms with Crippen molar-refractivity contribution in [3.63, 3.8) is 0 Å².